The summed E-state index contributed by atoms with van der Waals surface area (Å²) in [6.07, 6.45) is -4.58. The van der Waals surface area contributed by atoms with Crippen molar-refractivity contribution in [1.29, 1.82) is 0 Å². The molecule has 0 fully saturated rings. The molecule has 0 spiro atoms. The number of H-pyrrole nitrogens is 1. The van der Waals surface area contributed by atoms with Gasteiger partial charge in [0.25, 0.3) is 5.91 Å². The third-order valence-electron chi connectivity index (χ3n) is 3.40. The van der Waals surface area contributed by atoms with Crippen molar-refractivity contribution in [1.82, 2.24) is 15.4 Å². The highest BCUT2D eigenvalue weighted by molar-refractivity contribution is 6.34. The van der Waals surface area contributed by atoms with Crippen molar-refractivity contribution >= 4 is 28.5 Å². The fraction of sp³-hybridized carbons (Fsp3) is 0.0667. The molecule has 1 aromatic heterocycles. The molecule has 0 aliphatic carbocycles. The molecule has 0 bridgehead atoms. The third kappa shape index (κ3) is 2.81. The minimum Gasteiger partial charge on any atom is -0.338 e. The molecular formula is C15H9ClF3N3O2. The number of nitrogens with zero attached hydrogens (tertiary/aromatic N) is 1. The molecule has 2 aromatic carbocycles. The maximum atomic E-state index is 12.9. The van der Waals surface area contributed by atoms with Gasteiger partial charge in [-0.2, -0.15) is 13.2 Å². The molecular weight excluding hydrogens is 347 g/mol. The Kier molecular flexibility index (Phi) is 3.94. The van der Waals surface area contributed by atoms with Crippen LogP contribution in [-0.4, -0.2) is 21.1 Å². The molecule has 0 saturated carbocycles. The summed E-state index contributed by atoms with van der Waals surface area (Å²) in [7, 11) is 0. The van der Waals surface area contributed by atoms with Gasteiger partial charge in [0.2, 0.25) is 0 Å². The highest BCUT2D eigenvalue weighted by Crippen LogP contribution is 2.39. The van der Waals surface area contributed by atoms with Gasteiger partial charge in [-0.05, 0) is 30.3 Å². The van der Waals surface area contributed by atoms with Gasteiger partial charge < -0.3 is 4.98 Å². The predicted molar refractivity (Wildman–Crippen MR) is 80.8 cm³/mol. The Labute approximate surface area is 138 Å². The largest absolute Gasteiger partial charge is 0.417 e. The number of rotatable bonds is 2. The number of nitrogens with one attached hydrogen (secondary N) is 2. The first-order valence-corrected chi connectivity index (χ1v) is 6.99. The quantitative estimate of drug-likeness (QED) is 0.480. The Balaban J connectivity index is 2.12. The van der Waals surface area contributed by atoms with Crippen LogP contribution in [0.1, 0.15) is 15.9 Å². The number of hydroxylamine groups is 1. The SMILES string of the molecule is O=C(NO)c1ccc2nc(-c3cccc(C(F)(F)F)c3Cl)[nH]c2c1. The lowest BCUT2D eigenvalue weighted by Gasteiger charge is -2.10. The van der Waals surface area contributed by atoms with Crippen LogP contribution in [0.15, 0.2) is 36.4 Å². The zero-order chi connectivity index (χ0) is 17.5. The number of halogens is 4. The Morgan fingerprint density at radius 1 is 1.25 bits per heavy atom. The van der Waals surface area contributed by atoms with Gasteiger partial charge in [-0.3, -0.25) is 10.0 Å². The van der Waals surface area contributed by atoms with Gasteiger partial charge in [-0.1, -0.05) is 17.7 Å². The van der Waals surface area contributed by atoms with Gasteiger partial charge in [-0.25, -0.2) is 10.5 Å². The highest BCUT2D eigenvalue weighted by Gasteiger charge is 2.34. The van der Waals surface area contributed by atoms with Crippen LogP contribution in [-0.2, 0) is 6.18 Å². The van der Waals surface area contributed by atoms with Crippen molar-refractivity contribution < 1.29 is 23.2 Å². The van der Waals surface area contributed by atoms with Gasteiger partial charge in [-0.15, -0.1) is 0 Å². The zero-order valence-electron chi connectivity index (χ0n) is 11.8. The average molecular weight is 356 g/mol. The zero-order valence-corrected chi connectivity index (χ0v) is 12.5. The maximum Gasteiger partial charge on any atom is 0.417 e. The van der Waals surface area contributed by atoms with E-state index >= 15 is 0 Å². The lowest BCUT2D eigenvalue weighted by Crippen LogP contribution is -2.18. The molecule has 5 nitrogen and oxygen atoms in total. The molecule has 3 aromatic rings. The van der Waals surface area contributed by atoms with E-state index in [0.29, 0.717) is 11.0 Å². The molecule has 0 unspecified atom stereocenters. The van der Waals surface area contributed by atoms with E-state index in [2.05, 4.69) is 9.97 Å². The smallest absolute Gasteiger partial charge is 0.338 e. The van der Waals surface area contributed by atoms with Gasteiger partial charge in [0.15, 0.2) is 0 Å². The van der Waals surface area contributed by atoms with E-state index in [-0.39, 0.29) is 17.0 Å². The lowest BCUT2D eigenvalue weighted by atomic mass is 10.1. The lowest BCUT2D eigenvalue weighted by molar-refractivity contribution is -0.137. The van der Waals surface area contributed by atoms with Crippen LogP contribution >= 0.6 is 11.6 Å². The van der Waals surface area contributed by atoms with Gasteiger partial charge >= 0.3 is 6.18 Å². The second-order valence-electron chi connectivity index (χ2n) is 4.92. The van der Waals surface area contributed by atoms with Crippen molar-refractivity contribution in [2.24, 2.45) is 0 Å². The third-order valence-corrected chi connectivity index (χ3v) is 3.81. The predicted octanol–water partition coefficient (Wildman–Crippen LogP) is 4.02. The van der Waals surface area contributed by atoms with Crippen LogP contribution in [0.2, 0.25) is 5.02 Å². The number of alkyl halides is 3. The van der Waals surface area contributed by atoms with E-state index < -0.39 is 22.7 Å². The summed E-state index contributed by atoms with van der Waals surface area (Å²) in [4.78, 5) is 18.4. The molecule has 1 heterocycles. The molecule has 9 heteroatoms. The molecule has 0 radical (unpaired) electrons. The van der Waals surface area contributed by atoms with Crippen LogP contribution in [0.3, 0.4) is 0 Å². The van der Waals surface area contributed by atoms with Gasteiger partial charge in [0.05, 0.1) is 21.6 Å². The molecule has 3 N–H and O–H groups in total. The number of aromatic nitrogens is 2. The standard InChI is InChI=1S/C15H9ClF3N3O2/c16-12-8(2-1-3-9(12)15(17,18)19)13-20-10-5-4-7(14(23)22-24)6-11(10)21-13/h1-6,24H,(H,20,21)(H,22,23). The van der Waals surface area contributed by atoms with Crippen LogP contribution in [0.5, 0.6) is 0 Å². The van der Waals surface area contributed by atoms with Crippen LogP contribution in [0.25, 0.3) is 22.4 Å². The number of hydrogen-bond donors (Lipinski definition) is 3. The van der Waals surface area contributed by atoms with E-state index in [4.69, 9.17) is 16.8 Å². The molecule has 3 rings (SSSR count). The van der Waals surface area contributed by atoms with E-state index in [0.717, 1.165) is 6.07 Å². The van der Waals surface area contributed by atoms with E-state index in [9.17, 15) is 18.0 Å². The maximum absolute atomic E-state index is 12.9. The summed E-state index contributed by atoms with van der Waals surface area (Å²) in [5.41, 5.74) is 1.65. The summed E-state index contributed by atoms with van der Waals surface area (Å²) in [6.45, 7) is 0. The summed E-state index contributed by atoms with van der Waals surface area (Å²) < 4.78 is 38.8. The van der Waals surface area contributed by atoms with Crippen molar-refractivity contribution in [2.75, 3.05) is 0 Å². The number of amides is 1. The van der Waals surface area contributed by atoms with Crippen molar-refractivity contribution in [2.45, 2.75) is 6.18 Å². The fourth-order valence-corrected chi connectivity index (χ4v) is 2.60. The molecule has 0 aliphatic rings. The summed E-state index contributed by atoms with van der Waals surface area (Å²) in [5, 5.41) is 8.18. The monoisotopic (exact) mass is 355 g/mol. The number of hydrogen-bond acceptors (Lipinski definition) is 3. The first-order valence-electron chi connectivity index (χ1n) is 6.61. The minimum absolute atomic E-state index is 0.0934. The van der Waals surface area contributed by atoms with Crippen molar-refractivity contribution in [3.63, 3.8) is 0 Å². The summed E-state index contributed by atoms with van der Waals surface area (Å²) in [5.74, 6) is -0.576. The second-order valence-corrected chi connectivity index (χ2v) is 5.30. The highest BCUT2D eigenvalue weighted by atomic mass is 35.5. The molecule has 0 saturated heterocycles. The van der Waals surface area contributed by atoms with Crippen molar-refractivity contribution in [3.8, 4) is 11.4 Å². The van der Waals surface area contributed by atoms with E-state index in [1.165, 1.54) is 35.8 Å². The number of imidazole rings is 1. The Morgan fingerprint density at radius 3 is 2.67 bits per heavy atom. The van der Waals surface area contributed by atoms with Crippen LogP contribution in [0, 0.1) is 0 Å². The number of fused-ring (bicyclic) bond motifs is 1. The molecule has 0 atom stereocenters. The first-order chi connectivity index (χ1) is 11.3. The van der Waals surface area contributed by atoms with Crippen molar-refractivity contribution in [3.05, 3.63) is 52.5 Å². The first kappa shape index (κ1) is 16.3. The Bertz CT molecular complexity index is 937. The Morgan fingerprint density at radius 2 is 2.00 bits per heavy atom. The number of carbonyl (C=O) groups excluding carboxylic acids is 1. The van der Waals surface area contributed by atoms with E-state index in [1.807, 2.05) is 0 Å². The molecule has 24 heavy (non-hydrogen) atoms. The Hall–Kier alpha value is -2.58. The van der Waals surface area contributed by atoms with Crippen LogP contribution < -0.4 is 5.48 Å². The minimum atomic E-state index is -4.58. The van der Waals surface area contributed by atoms with E-state index in [1.54, 1.807) is 0 Å². The fourth-order valence-electron chi connectivity index (χ4n) is 2.28. The molecule has 0 aliphatic heterocycles. The number of benzene rings is 2. The topological polar surface area (TPSA) is 78.0 Å². The normalized spacial score (nSPS) is 11.7. The number of aromatic amines is 1. The second kappa shape index (κ2) is 5.81. The average Bonchev–Trinajstić information content (AvgIpc) is 2.95. The van der Waals surface area contributed by atoms with Gasteiger partial charge in [0, 0.05) is 11.1 Å². The molecule has 1 amide bonds. The summed E-state index contributed by atoms with van der Waals surface area (Å²) in [6, 6.07) is 7.88. The van der Waals surface area contributed by atoms with Crippen LogP contribution in [0.4, 0.5) is 13.2 Å². The molecule has 124 valence electrons. The van der Waals surface area contributed by atoms with Gasteiger partial charge in [0.1, 0.15) is 5.82 Å². The number of carbonyl (C=O) groups is 1. The summed E-state index contributed by atoms with van der Waals surface area (Å²) >= 11 is 5.88.